The van der Waals surface area contributed by atoms with Crippen LogP contribution in [0.2, 0.25) is 0 Å². The predicted octanol–water partition coefficient (Wildman–Crippen LogP) is 3.32. The highest BCUT2D eigenvalue weighted by Crippen LogP contribution is 2.19. The zero-order valence-electron chi connectivity index (χ0n) is 13.9. The van der Waals surface area contributed by atoms with Crippen molar-refractivity contribution in [3.05, 3.63) is 59.5 Å². The first-order chi connectivity index (χ1) is 11.1. The van der Waals surface area contributed by atoms with Gasteiger partial charge in [-0.3, -0.25) is 9.69 Å². The average Bonchev–Trinajstić information content (AvgIpc) is 3.01. The highest BCUT2D eigenvalue weighted by Gasteiger charge is 2.27. The van der Waals surface area contributed by atoms with Gasteiger partial charge in [0.15, 0.2) is 0 Å². The quantitative estimate of drug-likeness (QED) is 0.869. The first-order valence-electron chi connectivity index (χ1n) is 8.22. The van der Waals surface area contributed by atoms with Crippen LogP contribution in [0.1, 0.15) is 34.5 Å². The zero-order chi connectivity index (χ0) is 16.2. The van der Waals surface area contributed by atoms with E-state index in [0.29, 0.717) is 5.56 Å². The fourth-order valence-corrected chi connectivity index (χ4v) is 3.26. The summed E-state index contributed by atoms with van der Waals surface area (Å²) in [5.41, 5.74) is 1.97. The number of hydrogen-bond acceptors (Lipinski definition) is 3. The van der Waals surface area contributed by atoms with Crippen LogP contribution in [0.4, 0.5) is 0 Å². The van der Waals surface area contributed by atoms with E-state index in [-0.39, 0.29) is 11.9 Å². The van der Waals surface area contributed by atoms with Gasteiger partial charge in [-0.05, 0) is 37.9 Å². The fraction of sp³-hybridized carbons (Fsp3) is 0.421. The Bertz CT molecular complexity index is 650. The standard InChI is InChI=1S/C19H24N2O2/c1-15-11-17(14-23-15)19(22)20(2)18-9-6-10-21(13-18)12-16-7-4-3-5-8-16/h3-5,7-8,11,14,18H,6,9-10,12-13H2,1-2H3. The van der Waals surface area contributed by atoms with E-state index in [1.165, 1.54) is 5.56 Å². The molecule has 0 radical (unpaired) electrons. The minimum atomic E-state index is 0.0495. The van der Waals surface area contributed by atoms with Gasteiger partial charge in [-0.25, -0.2) is 0 Å². The van der Waals surface area contributed by atoms with Crippen molar-refractivity contribution in [3.8, 4) is 0 Å². The lowest BCUT2D eigenvalue weighted by Crippen LogP contribution is -2.48. The summed E-state index contributed by atoms with van der Waals surface area (Å²) in [6.45, 7) is 4.83. The van der Waals surface area contributed by atoms with Crippen LogP contribution in [0, 0.1) is 6.92 Å². The second-order valence-electron chi connectivity index (χ2n) is 6.38. The first kappa shape index (κ1) is 15.8. The zero-order valence-corrected chi connectivity index (χ0v) is 13.9. The Balaban J connectivity index is 1.62. The van der Waals surface area contributed by atoms with Gasteiger partial charge in [0.25, 0.3) is 5.91 Å². The Morgan fingerprint density at radius 3 is 2.83 bits per heavy atom. The number of nitrogens with zero attached hydrogens (tertiary/aromatic N) is 2. The summed E-state index contributed by atoms with van der Waals surface area (Å²) in [5, 5.41) is 0. The van der Waals surface area contributed by atoms with Gasteiger partial charge >= 0.3 is 0 Å². The van der Waals surface area contributed by atoms with Crippen molar-refractivity contribution in [2.45, 2.75) is 32.4 Å². The third-order valence-electron chi connectivity index (χ3n) is 4.58. The third-order valence-corrected chi connectivity index (χ3v) is 4.58. The topological polar surface area (TPSA) is 36.7 Å². The Hall–Kier alpha value is -2.07. The van der Waals surface area contributed by atoms with Crippen molar-refractivity contribution in [3.63, 3.8) is 0 Å². The number of likely N-dealkylation sites (N-methyl/N-ethyl adjacent to an activating group) is 1. The second-order valence-corrected chi connectivity index (χ2v) is 6.38. The fourth-order valence-electron chi connectivity index (χ4n) is 3.26. The largest absolute Gasteiger partial charge is 0.469 e. The van der Waals surface area contributed by atoms with Crippen LogP contribution in [0.5, 0.6) is 0 Å². The average molecular weight is 312 g/mol. The summed E-state index contributed by atoms with van der Waals surface area (Å²) in [6, 6.07) is 12.6. The van der Waals surface area contributed by atoms with Crippen molar-refractivity contribution in [1.82, 2.24) is 9.80 Å². The number of furan rings is 1. The van der Waals surface area contributed by atoms with Crippen molar-refractivity contribution in [1.29, 1.82) is 0 Å². The minimum absolute atomic E-state index is 0.0495. The smallest absolute Gasteiger partial charge is 0.257 e. The third kappa shape index (κ3) is 3.82. The van der Waals surface area contributed by atoms with E-state index in [1.54, 1.807) is 6.26 Å². The number of carbonyl (C=O) groups excluding carboxylic acids is 1. The number of aryl methyl sites for hydroxylation is 1. The van der Waals surface area contributed by atoms with Crippen LogP contribution in [-0.2, 0) is 6.54 Å². The van der Waals surface area contributed by atoms with Gasteiger partial charge in [0.05, 0.1) is 5.56 Å². The Labute approximate surface area is 137 Å². The molecule has 2 heterocycles. The molecule has 2 aromatic rings. The summed E-state index contributed by atoms with van der Waals surface area (Å²) in [7, 11) is 1.90. The summed E-state index contributed by atoms with van der Waals surface area (Å²) >= 11 is 0. The summed E-state index contributed by atoms with van der Waals surface area (Å²) in [4.78, 5) is 16.9. The number of amides is 1. The van der Waals surface area contributed by atoms with E-state index < -0.39 is 0 Å². The molecule has 23 heavy (non-hydrogen) atoms. The summed E-state index contributed by atoms with van der Waals surface area (Å²) < 4.78 is 5.27. The first-order valence-corrected chi connectivity index (χ1v) is 8.22. The molecule has 4 nitrogen and oxygen atoms in total. The van der Waals surface area contributed by atoms with E-state index in [9.17, 15) is 4.79 Å². The highest BCUT2D eigenvalue weighted by molar-refractivity contribution is 5.94. The van der Waals surface area contributed by atoms with Crippen molar-refractivity contribution < 1.29 is 9.21 Å². The molecule has 4 heteroatoms. The maximum atomic E-state index is 12.6. The molecule has 0 spiro atoms. The van der Waals surface area contributed by atoms with Crippen LogP contribution in [-0.4, -0.2) is 41.9 Å². The van der Waals surface area contributed by atoms with Crippen molar-refractivity contribution >= 4 is 5.91 Å². The number of carbonyl (C=O) groups is 1. The van der Waals surface area contributed by atoms with E-state index in [4.69, 9.17) is 4.42 Å². The minimum Gasteiger partial charge on any atom is -0.469 e. The van der Waals surface area contributed by atoms with Crippen LogP contribution < -0.4 is 0 Å². The lowest BCUT2D eigenvalue weighted by Gasteiger charge is -2.37. The molecule has 1 aromatic carbocycles. The van der Waals surface area contributed by atoms with E-state index in [1.807, 2.05) is 31.0 Å². The van der Waals surface area contributed by atoms with Gasteiger partial charge in [-0.2, -0.15) is 0 Å². The van der Waals surface area contributed by atoms with Gasteiger partial charge in [0.1, 0.15) is 12.0 Å². The normalized spacial score (nSPS) is 18.8. The molecule has 1 fully saturated rings. The number of benzene rings is 1. The van der Waals surface area contributed by atoms with E-state index >= 15 is 0 Å². The summed E-state index contributed by atoms with van der Waals surface area (Å²) in [5.74, 6) is 0.824. The molecule has 3 rings (SSSR count). The SMILES string of the molecule is Cc1cc(C(=O)N(C)C2CCCN(Cc3ccccc3)C2)co1. The predicted molar refractivity (Wildman–Crippen MR) is 90.3 cm³/mol. The molecular formula is C19H24N2O2. The molecule has 1 saturated heterocycles. The van der Waals surface area contributed by atoms with Crippen LogP contribution >= 0.6 is 0 Å². The maximum Gasteiger partial charge on any atom is 0.257 e. The lowest BCUT2D eigenvalue weighted by molar-refractivity contribution is 0.0608. The van der Waals surface area contributed by atoms with Gasteiger partial charge in [-0.15, -0.1) is 0 Å². The molecule has 0 bridgehead atoms. The molecule has 0 N–H and O–H groups in total. The molecule has 122 valence electrons. The lowest BCUT2D eigenvalue weighted by atomic mass is 10.0. The number of hydrogen-bond donors (Lipinski definition) is 0. The van der Waals surface area contributed by atoms with Crippen LogP contribution in [0.3, 0.4) is 0 Å². The van der Waals surface area contributed by atoms with E-state index in [0.717, 1.165) is 38.2 Å². The molecule has 1 aliphatic heterocycles. The molecule has 1 atom stereocenters. The number of likely N-dealkylation sites (tertiary alicyclic amines) is 1. The van der Waals surface area contributed by atoms with E-state index in [2.05, 4.69) is 29.2 Å². The van der Waals surface area contributed by atoms with Gasteiger partial charge in [0.2, 0.25) is 0 Å². The number of piperidine rings is 1. The molecule has 1 aromatic heterocycles. The second kappa shape index (κ2) is 7.01. The molecule has 1 unspecified atom stereocenters. The maximum absolute atomic E-state index is 12.6. The highest BCUT2D eigenvalue weighted by atomic mass is 16.3. The Morgan fingerprint density at radius 2 is 2.13 bits per heavy atom. The monoisotopic (exact) mass is 312 g/mol. The van der Waals surface area contributed by atoms with Gasteiger partial charge < -0.3 is 9.32 Å². The molecule has 1 amide bonds. The summed E-state index contributed by atoms with van der Waals surface area (Å²) in [6.07, 6.45) is 3.74. The van der Waals surface area contributed by atoms with Crippen molar-refractivity contribution in [2.75, 3.05) is 20.1 Å². The Kier molecular flexibility index (Phi) is 4.82. The van der Waals surface area contributed by atoms with Gasteiger partial charge in [0, 0.05) is 26.2 Å². The van der Waals surface area contributed by atoms with Crippen LogP contribution in [0.25, 0.3) is 0 Å². The molecule has 1 aliphatic rings. The van der Waals surface area contributed by atoms with Crippen molar-refractivity contribution in [2.24, 2.45) is 0 Å². The molecule has 0 aliphatic carbocycles. The number of rotatable bonds is 4. The Morgan fingerprint density at radius 1 is 1.35 bits per heavy atom. The molecular weight excluding hydrogens is 288 g/mol. The molecule has 0 saturated carbocycles. The van der Waals surface area contributed by atoms with Crippen LogP contribution in [0.15, 0.2) is 47.1 Å². The van der Waals surface area contributed by atoms with Gasteiger partial charge in [-0.1, -0.05) is 30.3 Å².